The van der Waals surface area contributed by atoms with Gasteiger partial charge < -0.3 is 14.9 Å². The lowest BCUT2D eigenvalue weighted by atomic mass is 9.95. The fourth-order valence-corrected chi connectivity index (χ4v) is 3.51. The van der Waals surface area contributed by atoms with Gasteiger partial charge in [-0.25, -0.2) is 0 Å². The SMILES string of the molecule is CN(C)CCN1C(=O)C(=O)/C(=C(/O)c2ccccc2)C1c1ccc(Cl)c(Cl)c1. The van der Waals surface area contributed by atoms with Gasteiger partial charge in [-0.05, 0) is 31.8 Å². The highest BCUT2D eigenvalue weighted by atomic mass is 35.5. The van der Waals surface area contributed by atoms with Crippen molar-refractivity contribution < 1.29 is 14.7 Å². The molecule has 1 heterocycles. The number of carbonyl (C=O) groups is 2. The molecule has 0 aromatic heterocycles. The Hall–Kier alpha value is -2.34. The minimum Gasteiger partial charge on any atom is -0.507 e. The van der Waals surface area contributed by atoms with E-state index in [1.807, 2.05) is 25.1 Å². The Balaban J connectivity index is 2.16. The molecule has 1 aliphatic rings. The Kier molecular flexibility index (Phi) is 6.08. The molecule has 1 saturated heterocycles. The quantitative estimate of drug-likeness (QED) is 0.453. The first-order valence-electron chi connectivity index (χ1n) is 8.74. The number of hydrogen-bond donors (Lipinski definition) is 1. The number of aliphatic hydroxyl groups excluding tert-OH is 1. The molecule has 1 atom stereocenters. The zero-order chi connectivity index (χ0) is 20.4. The number of halogens is 2. The maximum absolute atomic E-state index is 12.8. The van der Waals surface area contributed by atoms with E-state index in [2.05, 4.69) is 0 Å². The molecule has 0 saturated carbocycles. The van der Waals surface area contributed by atoms with Crippen LogP contribution in [0.1, 0.15) is 17.2 Å². The molecule has 0 aliphatic carbocycles. The largest absolute Gasteiger partial charge is 0.507 e. The van der Waals surface area contributed by atoms with Crippen molar-refractivity contribution in [2.75, 3.05) is 27.2 Å². The number of ketones is 1. The summed E-state index contributed by atoms with van der Waals surface area (Å²) in [5, 5.41) is 11.6. The van der Waals surface area contributed by atoms with E-state index in [9.17, 15) is 14.7 Å². The number of benzene rings is 2. The lowest BCUT2D eigenvalue weighted by Gasteiger charge is -2.26. The van der Waals surface area contributed by atoms with Crippen LogP contribution in [-0.4, -0.2) is 53.8 Å². The van der Waals surface area contributed by atoms with Crippen molar-refractivity contribution in [3.63, 3.8) is 0 Å². The van der Waals surface area contributed by atoms with E-state index >= 15 is 0 Å². The summed E-state index contributed by atoms with van der Waals surface area (Å²) in [6.45, 7) is 0.893. The summed E-state index contributed by atoms with van der Waals surface area (Å²) < 4.78 is 0. The van der Waals surface area contributed by atoms with Gasteiger partial charge in [-0.3, -0.25) is 9.59 Å². The average Bonchev–Trinajstić information content (AvgIpc) is 2.93. The number of nitrogens with zero attached hydrogens (tertiary/aromatic N) is 2. The molecule has 2 aromatic carbocycles. The van der Waals surface area contributed by atoms with E-state index in [1.165, 1.54) is 4.90 Å². The molecule has 1 fully saturated rings. The normalized spacial score (nSPS) is 18.9. The number of amides is 1. The van der Waals surface area contributed by atoms with Crippen molar-refractivity contribution >= 4 is 40.7 Å². The summed E-state index contributed by atoms with van der Waals surface area (Å²) >= 11 is 12.2. The Morgan fingerprint density at radius 3 is 2.36 bits per heavy atom. The second-order valence-corrected chi connectivity index (χ2v) is 7.65. The Morgan fingerprint density at radius 1 is 1.07 bits per heavy atom. The van der Waals surface area contributed by atoms with E-state index < -0.39 is 17.7 Å². The maximum Gasteiger partial charge on any atom is 0.295 e. The van der Waals surface area contributed by atoms with Gasteiger partial charge in [0.15, 0.2) is 0 Å². The van der Waals surface area contributed by atoms with Gasteiger partial charge >= 0.3 is 0 Å². The maximum atomic E-state index is 12.8. The minimum atomic E-state index is -0.741. The monoisotopic (exact) mass is 418 g/mol. The second-order valence-electron chi connectivity index (χ2n) is 6.84. The van der Waals surface area contributed by atoms with Crippen LogP contribution in [0.15, 0.2) is 54.1 Å². The van der Waals surface area contributed by atoms with Crippen molar-refractivity contribution in [3.8, 4) is 0 Å². The van der Waals surface area contributed by atoms with E-state index in [1.54, 1.807) is 42.5 Å². The Labute approximate surface area is 173 Å². The van der Waals surface area contributed by atoms with Gasteiger partial charge in [0.05, 0.1) is 21.7 Å². The number of Topliss-reactive ketones (excluding diaryl/α,β-unsaturated/α-hetero) is 1. The summed E-state index contributed by atoms with van der Waals surface area (Å²) in [5.41, 5.74) is 1.14. The number of hydrogen-bond acceptors (Lipinski definition) is 4. The van der Waals surface area contributed by atoms with E-state index in [0.717, 1.165) is 0 Å². The highest BCUT2D eigenvalue weighted by Gasteiger charge is 2.46. The predicted octanol–water partition coefficient (Wildman–Crippen LogP) is 3.98. The van der Waals surface area contributed by atoms with Crippen LogP contribution >= 0.6 is 23.2 Å². The van der Waals surface area contributed by atoms with Gasteiger partial charge in [-0.2, -0.15) is 0 Å². The van der Waals surface area contributed by atoms with Crippen LogP contribution in [0.3, 0.4) is 0 Å². The Bertz CT molecular complexity index is 942. The van der Waals surface area contributed by atoms with E-state index in [4.69, 9.17) is 23.2 Å². The van der Waals surface area contributed by atoms with Crippen molar-refractivity contribution in [2.45, 2.75) is 6.04 Å². The molecule has 3 rings (SSSR count). The summed E-state index contributed by atoms with van der Waals surface area (Å²) in [7, 11) is 3.77. The van der Waals surface area contributed by atoms with E-state index in [0.29, 0.717) is 34.3 Å². The molecule has 0 radical (unpaired) electrons. The number of likely N-dealkylation sites (N-methyl/N-ethyl adjacent to an activating group) is 1. The second kappa shape index (κ2) is 8.35. The average molecular weight is 419 g/mol. The molecule has 1 aliphatic heterocycles. The molecule has 5 nitrogen and oxygen atoms in total. The third kappa shape index (κ3) is 3.92. The third-order valence-electron chi connectivity index (χ3n) is 4.63. The van der Waals surface area contributed by atoms with Gasteiger partial charge in [0.2, 0.25) is 0 Å². The lowest BCUT2D eigenvalue weighted by molar-refractivity contribution is -0.140. The molecule has 28 heavy (non-hydrogen) atoms. The zero-order valence-electron chi connectivity index (χ0n) is 15.5. The fourth-order valence-electron chi connectivity index (χ4n) is 3.20. The molecular formula is C21H20Cl2N2O3. The van der Waals surface area contributed by atoms with Crippen molar-refractivity contribution in [3.05, 3.63) is 75.3 Å². The first-order valence-corrected chi connectivity index (χ1v) is 9.50. The molecule has 7 heteroatoms. The minimum absolute atomic E-state index is 0.0494. The van der Waals surface area contributed by atoms with Crippen LogP contribution in [0.5, 0.6) is 0 Å². The zero-order valence-corrected chi connectivity index (χ0v) is 17.0. The first-order chi connectivity index (χ1) is 13.3. The number of likely N-dealkylation sites (tertiary alicyclic amines) is 1. The molecular weight excluding hydrogens is 399 g/mol. The summed E-state index contributed by atoms with van der Waals surface area (Å²) in [6.07, 6.45) is 0. The van der Waals surface area contributed by atoms with Crippen LogP contribution < -0.4 is 0 Å². The third-order valence-corrected chi connectivity index (χ3v) is 5.37. The summed E-state index contributed by atoms with van der Waals surface area (Å²) in [4.78, 5) is 29.0. The molecule has 0 spiro atoms. The first kappa shape index (κ1) is 20.4. The summed E-state index contributed by atoms with van der Waals surface area (Å²) in [6, 6.07) is 12.9. The smallest absolute Gasteiger partial charge is 0.295 e. The van der Waals surface area contributed by atoms with Crippen LogP contribution in [0.4, 0.5) is 0 Å². The number of rotatable bonds is 5. The molecule has 1 amide bonds. The molecule has 146 valence electrons. The molecule has 1 N–H and O–H groups in total. The van der Waals surface area contributed by atoms with Crippen LogP contribution in [0.2, 0.25) is 10.0 Å². The number of carbonyl (C=O) groups excluding carboxylic acids is 2. The molecule has 2 aromatic rings. The molecule has 0 bridgehead atoms. The highest BCUT2D eigenvalue weighted by molar-refractivity contribution is 6.46. The standard InChI is InChI=1S/C21H20Cl2N2O3/c1-24(2)10-11-25-18(14-8-9-15(22)16(23)12-14)17(20(27)21(25)28)19(26)13-6-4-3-5-7-13/h3-9,12,18,26H,10-11H2,1-2H3/b19-17+. The highest BCUT2D eigenvalue weighted by Crippen LogP contribution is 2.40. The number of aliphatic hydroxyl groups is 1. The van der Waals surface area contributed by atoms with Gasteiger partial charge in [-0.1, -0.05) is 59.6 Å². The van der Waals surface area contributed by atoms with Gasteiger partial charge in [-0.15, -0.1) is 0 Å². The van der Waals surface area contributed by atoms with E-state index in [-0.39, 0.29) is 11.3 Å². The Morgan fingerprint density at radius 2 is 1.75 bits per heavy atom. The van der Waals surface area contributed by atoms with Gasteiger partial charge in [0.25, 0.3) is 11.7 Å². The fraction of sp³-hybridized carbons (Fsp3) is 0.238. The topological polar surface area (TPSA) is 60.9 Å². The van der Waals surface area contributed by atoms with Crippen molar-refractivity contribution in [1.82, 2.24) is 9.80 Å². The van der Waals surface area contributed by atoms with Crippen LogP contribution in [-0.2, 0) is 9.59 Å². The van der Waals surface area contributed by atoms with Crippen LogP contribution in [0.25, 0.3) is 5.76 Å². The van der Waals surface area contributed by atoms with Gasteiger partial charge in [0, 0.05) is 18.7 Å². The predicted molar refractivity (Wildman–Crippen MR) is 110 cm³/mol. The summed E-state index contributed by atoms with van der Waals surface area (Å²) in [5.74, 6) is -1.56. The molecule has 1 unspecified atom stereocenters. The lowest BCUT2D eigenvalue weighted by Crippen LogP contribution is -2.35. The van der Waals surface area contributed by atoms with Crippen LogP contribution in [0, 0.1) is 0 Å². The van der Waals surface area contributed by atoms with Gasteiger partial charge in [0.1, 0.15) is 5.76 Å². The van der Waals surface area contributed by atoms with Crippen molar-refractivity contribution in [2.24, 2.45) is 0 Å². The van der Waals surface area contributed by atoms with Crippen molar-refractivity contribution in [1.29, 1.82) is 0 Å².